The predicted octanol–water partition coefficient (Wildman–Crippen LogP) is 2.24. The Morgan fingerprint density at radius 1 is 1.26 bits per heavy atom. The summed E-state index contributed by atoms with van der Waals surface area (Å²) >= 11 is 0. The maximum Gasteiger partial charge on any atom is 0.115 e. The number of phenolic OH excluding ortho intramolecular Hbond substituents is 1. The number of phenols is 1. The summed E-state index contributed by atoms with van der Waals surface area (Å²) in [5.41, 5.74) is 2.32. The summed E-state index contributed by atoms with van der Waals surface area (Å²) in [7, 11) is 1.93. The molecule has 2 rings (SSSR count). The second-order valence-electron chi connectivity index (χ2n) is 4.97. The van der Waals surface area contributed by atoms with Crippen molar-refractivity contribution in [3.63, 3.8) is 0 Å². The quantitative estimate of drug-likeness (QED) is 0.836. The standard InChI is InChI=1S/C15H21N3O/c1-12(16-11-14-9-10-18(2)17-14)3-4-13-5-7-15(19)8-6-13/h5-10,12,16,19H,3-4,11H2,1-2H3. The highest BCUT2D eigenvalue weighted by atomic mass is 16.3. The van der Waals surface area contributed by atoms with E-state index in [9.17, 15) is 5.11 Å². The number of nitrogens with one attached hydrogen (secondary N) is 1. The molecule has 0 spiro atoms. The number of nitrogens with zero attached hydrogens (tertiary/aromatic N) is 2. The highest BCUT2D eigenvalue weighted by Crippen LogP contribution is 2.12. The number of aromatic hydroxyl groups is 1. The van der Waals surface area contributed by atoms with Crippen LogP contribution in [0, 0.1) is 0 Å². The molecule has 1 heterocycles. The number of aryl methyl sites for hydroxylation is 2. The van der Waals surface area contributed by atoms with E-state index in [4.69, 9.17) is 0 Å². The van der Waals surface area contributed by atoms with Crippen molar-refractivity contribution in [1.82, 2.24) is 15.1 Å². The van der Waals surface area contributed by atoms with Crippen molar-refractivity contribution in [2.24, 2.45) is 7.05 Å². The molecule has 19 heavy (non-hydrogen) atoms. The molecule has 1 aromatic carbocycles. The summed E-state index contributed by atoms with van der Waals surface area (Å²) in [6.45, 7) is 2.99. The molecule has 102 valence electrons. The van der Waals surface area contributed by atoms with Gasteiger partial charge in [0.15, 0.2) is 0 Å². The Balaban J connectivity index is 1.72. The minimum atomic E-state index is 0.324. The van der Waals surface area contributed by atoms with E-state index in [-0.39, 0.29) is 0 Å². The van der Waals surface area contributed by atoms with E-state index in [1.54, 1.807) is 12.1 Å². The van der Waals surface area contributed by atoms with Crippen LogP contribution in [0.4, 0.5) is 0 Å². The lowest BCUT2D eigenvalue weighted by molar-refractivity contribution is 0.474. The van der Waals surface area contributed by atoms with Crippen LogP contribution in [0.5, 0.6) is 5.75 Å². The van der Waals surface area contributed by atoms with E-state index < -0.39 is 0 Å². The highest BCUT2D eigenvalue weighted by Gasteiger charge is 2.04. The van der Waals surface area contributed by atoms with Gasteiger partial charge in [-0.25, -0.2) is 0 Å². The zero-order valence-corrected chi connectivity index (χ0v) is 11.5. The van der Waals surface area contributed by atoms with Crippen LogP contribution in [0.25, 0.3) is 0 Å². The number of aromatic nitrogens is 2. The van der Waals surface area contributed by atoms with Gasteiger partial charge in [0.2, 0.25) is 0 Å². The lowest BCUT2D eigenvalue weighted by atomic mass is 10.1. The first-order valence-electron chi connectivity index (χ1n) is 6.63. The molecule has 0 fully saturated rings. The Bertz CT molecular complexity index is 504. The predicted molar refractivity (Wildman–Crippen MR) is 75.9 cm³/mol. The van der Waals surface area contributed by atoms with Gasteiger partial charge in [-0.15, -0.1) is 0 Å². The maximum atomic E-state index is 9.23. The van der Waals surface area contributed by atoms with Gasteiger partial charge in [-0.05, 0) is 43.5 Å². The fraction of sp³-hybridized carbons (Fsp3) is 0.400. The molecule has 0 saturated heterocycles. The van der Waals surface area contributed by atoms with Crippen molar-refractivity contribution in [1.29, 1.82) is 0 Å². The summed E-state index contributed by atoms with van der Waals surface area (Å²) < 4.78 is 1.82. The molecule has 2 aromatic rings. The monoisotopic (exact) mass is 259 g/mol. The van der Waals surface area contributed by atoms with Gasteiger partial charge in [-0.2, -0.15) is 5.10 Å². The zero-order chi connectivity index (χ0) is 13.7. The Morgan fingerprint density at radius 2 is 2.00 bits per heavy atom. The summed E-state index contributed by atoms with van der Waals surface area (Å²) in [5, 5.41) is 17.0. The third-order valence-corrected chi connectivity index (χ3v) is 3.20. The molecule has 0 aliphatic rings. The van der Waals surface area contributed by atoms with Gasteiger partial charge >= 0.3 is 0 Å². The summed E-state index contributed by atoms with van der Waals surface area (Å²) in [6, 6.07) is 9.89. The van der Waals surface area contributed by atoms with Crippen LogP contribution in [0.2, 0.25) is 0 Å². The average Bonchev–Trinajstić information content (AvgIpc) is 2.81. The molecule has 0 aliphatic carbocycles. The Kier molecular flexibility index (Phi) is 4.58. The summed E-state index contributed by atoms with van der Waals surface area (Å²) in [4.78, 5) is 0. The van der Waals surface area contributed by atoms with Crippen LogP contribution < -0.4 is 5.32 Å². The van der Waals surface area contributed by atoms with Crippen LogP contribution in [-0.2, 0) is 20.0 Å². The lowest BCUT2D eigenvalue weighted by Gasteiger charge is -2.12. The van der Waals surface area contributed by atoms with E-state index in [1.165, 1.54) is 5.56 Å². The van der Waals surface area contributed by atoms with Crippen LogP contribution >= 0.6 is 0 Å². The van der Waals surface area contributed by atoms with Gasteiger partial charge in [0.25, 0.3) is 0 Å². The fourth-order valence-electron chi connectivity index (χ4n) is 1.98. The molecular weight excluding hydrogens is 238 g/mol. The first-order valence-corrected chi connectivity index (χ1v) is 6.63. The van der Waals surface area contributed by atoms with E-state index >= 15 is 0 Å². The molecule has 0 radical (unpaired) electrons. The molecular formula is C15H21N3O. The number of rotatable bonds is 6. The molecule has 4 nitrogen and oxygen atoms in total. The third-order valence-electron chi connectivity index (χ3n) is 3.20. The van der Waals surface area contributed by atoms with E-state index in [0.717, 1.165) is 25.1 Å². The summed E-state index contributed by atoms with van der Waals surface area (Å²) in [6.07, 6.45) is 4.03. The third kappa shape index (κ3) is 4.41. The van der Waals surface area contributed by atoms with Crippen molar-refractivity contribution in [2.75, 3.05) is 0 Å². The molecule has 0 bridgehead atoms. The number of hydrogen-bond donors (Lipinski definition) is 2. The van der Waals surface area contributed by atoms with E-state index in [2.05, 4.69) is 17.3 Å². The number of benzene rings is 1. The largest absolute Gasteiger partial charge is 0.508 e. The summed E-state index contributed by atoms with van der Waals surface area (Å²) in [5.74, 6) is 0.324. The highest BCUT2D eigenvalue weighted by molar-refractivity contribution is 5.25. The fourth-order valence-corrected chi connectivity index (χ4v) is 1.98. The second-order valence-corrected chi connectivity index (χ2v) is 4.97. The van der Waals surface area contributed by atoms with Crippen LogP contribution in [-0.4, -0.2) is 20.9 Å². The van der Waals surface area contributed by atoms with Gasteiger partial charge in [0.1, 0.15) is 5.75 Å². The molecule has 0 saturated carbocycles. The molecule has 1 unspecified atom stereocenters. The van der Waals surface area contributed by atoms with Gasteiger partial charge in [0, 0.05) is 25.8 Å². The van der Waals surface area contributed by atoms with Crippen molar-refractivity contribution >= 4 is 0 Å². The van der Waals surface area contributed by atoms with Crippen LogP contribution in [0.3, 0.4) is 0 Å². The van der Waals surface area contributed by atoms with Crippen molar-refractivity contribution < 1.29 is 5.11 Å². The second kappa shape index (κ2) is 6.38. The van der Waals surface area contributed by atoms with Gasteiger partial charge in [-0.3, -0.25) is 4.68 Å². The SMILES string of the molecule is CC(CCc1ccc(O)cc1)NCc1ccn(C)n1. The first kappa shape index (κ1) is 13.6. The van der Waals surface area contributed by atoms with E-state index in [1.807, 2.05) is 36.1 Å². The van der Waals surface area contributed by atoms with Gasteiger partial charge in [-0.1, -0.05) is 12.1 Å². The van der Waals surface area contributed by atoms with Crippen molar-refractivity contribution in [3.8, 4) is 5.75 Å². The van der Waals surface area contributed by atoms with Crippen LogP contribution in [0.15, 0.2) is 36.5 Å². The normalized spacial score (nSPS) is 12.5. The smallest absolute Gasteiger partial charge is 0.115 e. The molecule has 1 atom stereocenters. The van der Waals surface area contributed by atoms with Crippen molar-refractivity contribution in [2.45, 2.75) is 32.4 Å². The lowest BCUT2D eigenvalue weighted by Crippen LogP contribution is -2.26. The van der Waals surface area contributed by atoms with Gasteiger partial charge < -0.3 is 10.4 Å². The zero-order valence-electron chi connectivity index (χ0n) is 11.5. The Labute approximate surface area is 114 Å². The topological polar surface area (TPSA) is 50.1 Å². The van der Waals surface area contributed by atoms with Crippen LogP contribution in [0.1, 0.15) is 24.6 Å². The Hall–Kier alpha value is -1.81. The average molecular weight is 259 g/mol. The van der Waals surface area contributed by atoms with Crippen molar-refractivity contribution in [3.05, 3.63) is 47.8 Å². The molecule has 0 aliphatic heterocycles. The van der Waals surface area contributed by atoms with E-state index in [0.29, 0.717) is 11.8 Å². The minimum absolute atomic E-state index is 0.324. The maximum absolute atomic E-state index is 9.23. The Morgan fingerprint density at radius 3 is 2.63 bits per heavy atom. The molecule has 2 N–H and O–H groups in total. The number of hydrogen-bond acceptors (Lipinski definition) is 3. The molecule has 4 heteroatoms. The first-order chi connectivity index (χ1) is 9.13. The van der Waals surface area contributed by atoms with Gasteiger partial charge in [0.05, 0.1) is 5.69 Å². The molecule has 0 amide bonds. The minimum Gasteiger partial charge on any atom is -0.508 e. The molecule has 1 aromatic heterocycles.